The standard InChI is InChI=1S/C10H13ClFNO/c1-6(13)3-7-4-8(11)10(14-2)9(12)5-7/h4-6H,3,13H2,1-2H3. The summed E-state index contributed by atoms with van der Waals surface area (Å²) in [5, 5.41) is 0.281. The topological polar surface area (TPSA) is 35.2 Å². The van der Waals surface area contributed by atoms with Gasteiger partial charge in [0.1, 0.15) is 0 Å². The van der Waals surface area contributed by atoms with E-state index in [1.807, 2.05) is 6.92 Å². The lowest BCUT2D eigenvalue weighted by Gasteiger charge is -2.09. The van der Waals surface area contributed by atoms with Crippen LogP contribution in [0.1, 0.15) is 12.5 Å². The van der Waals surface area contributed by atoms with Gasteiger partial charge in [-0.05, 0) is 31.0 Å². The van der Waals surface area contributed by atoms with Crippen molar-refractivity contribution in [2.45, 2.75) is 19.4 Å². The van der Waals surface area contributed by atoms with Crippen molar-refractivity contribution in [1.82, 2.24) is 0 Å². The molecule has 0 saturated heterocycles. The van der Waals surface area contributed by atoms with E-state index >= 15 is 0 Å². The van der Waals surface area contributed by atoms with Gasteiger partial charge < -0.3 is 10.5 Å². The Kier molecular flexibility index (Phi) is 3.72. The number of hydrogen-bond acceptors (Lipinski definition) is 2. The number of methoxy groups -OCH3 is 1. The number of benzene rings is 1. The maximum atomic E-state index is 13.3. The Labute approximate surface area is 87.8 Å². The Balaban J connectivity index is 3.01. The van der Waals surface area contributed by atoms with Crippen molar-refractivity contribution in [2.75, 3.05) is 7.11 Å². The summed E-state index contributed by atoms with van der Waals surface area (Å²) >= 11 is 5.81. The molecule has 2 nitrogen and oxygen atoms in total. The van der Waals surface area contributed by atoms with Gasteiger partial charge in [0, 0.05) is 6.04 Å². The van der Waals surface area contributed by atoms with Crippen molar-refractivity contribution in [3.63, 3.8) is 0 Å². The molecule has 0 aromatic heterocycles. The maximum absolute atomic E-state index is 13.3. The van der Waals surface area contributed by atoms with E-state index in [4.69, 9.17) is 22.1 Å². The minimum Gasteiger partial charge on any atom is -0.492 e. The highest BCUT2D eigenvalue weighted by molar-refractivity contribution is 6.32. The van der Waals surface area contributed by atoms with Crippen LogP contribution in [-0.4, -0.2) is 13.2 Å². The van der Waals surface area contributed by atoms with Crippen LogP contribution in [0.3, 0.4) is 0 Å². The van der Waals surface area contributed by atoms with Crippen LogP contribution >= 0.6 is 11.6 Å². The molecule has 0 aliphatic rings. The predicted octanol–water partition coefficient (Wildman–Crippen LogP) is 2.38. The number of hydrogen-bond donors (Lipinski definition) is 1. The molecule has 2 N–H and O–H groups in total. The molecule has 0 amide bonds. The van der Waals surface area contributed by atoms with E-state index < -0.39 is 5.82 Å². The van der Waals surface area contributed by atoms with Gasteiger partial charge in [0.05, 0.1) is 12.1 Å². The summed E-state index contributed by atoms with van der Waals surface area (Å²) in [4.78, 5) is 0. The number of halogens is 2. The first kappa shape index (κ1) is 11.3. The van der Waals surface area contributed by atoms with Gasteiger partial charge >= 0.3 is 0 Å². The third kappa shape index (κ3) is 2.59. The van der Waals surface area contributed by atoms with Crippen LogP contribution in [0.5, 0.6) is 5.75 Å². The molecule has 1 unspecified atom stereocenters. The molecule has 78 valence electrons. The molecule has 0 bridgehead atoms. The van der Waals surface area contributed by atoms with Crippen molar-refractivity contribution in [2.24, 2.45) is 5.73 Å². The van der Waals surface area contributed by atoms with Crippen molar-refractivity contribution >= 4 is 11.6 Å². The van der Waals surface area contributed by atoms with Crippen molar-refractivity contribution in [3.05, 3.63) is 28.5 Å². The second-order valence-corrected chi connectivity index (χ2v) is 3.68. The lowest BCUT2D eigenvalue weighted by molar-refractivity contribution is 0.386. The van der Waals surface area contributed by atoms with Gasteiger partial charge in [-0.2, -0.15) is 0 Å². The van der Waals surface area contributed by atoms with Crippen LogP contribution in [0.2, 0.25) is 5.02 Å². The highest BCUT2D eigenvalue weighted by atomic mass is 35.5. The minimum atomic E-state index is -0.448. The molecule has 0 radical (unpaired) electrons. The van der Waals surface area contributed by atoms with Gasteiger partial charge in [0.25, 0.3) is 0 Å². The van der Waals surface area contributed by atoms with Crippen molar-refractivity contribution < 1.29 is 9.13 Å². The zero-order valence-electron chi connectivity index (χ0n) is 8.18. The monoisotopic (exact) mass is 217 g/mol. The van der Waals surface area contributed by atoms with Crippen molar-refractivity contribution in [1.29, 1.82) is 0 Å². The molecule has 4 heteroatoms. The smallest absolute Gasteiger partial charge is 0.173 e. The second-order valence-electron chi connectivity index (χ2n) is 3.27. The normalized spacial score (nSPS) is 12.6. The predicted molar refractivity (Wildman–Crippen MR) is 55.3 cm³/mol. The number of rotatable bonds is 3. The van der Waals surface area contributed by atoms with Gasteiger partial charge in [-0.3, -0.25) is 0 Å². The van der Waals surface area contributed by atoms with Gasteiger partial charge in [-0.1, -0.05) is 11.6 Å². The number of nitrogens with two attached hydrogens (primary N) is 1. The Bertz CT molecular complexity index is 305. The fourth-order valence-electron chi connectivity index (χ4n) is 1.30. The molecule has 1 rings (SSSR count). The lowest BCUT2D eigenvalue weighted by atomic mass is 10.1. The Morgan fingerprint density at radius 3 is 2.64 bits per heavy atom. The first-order valence-corrected chi connectivity index (χ1v) is 4.70. The molecule has 0 fully saturated rings. The molecule has 1 aromatic carbocycles. The van der Waals surface area contributed by atoms with Crippen LogP contribution in [-0.2, 0) is 6.42 Å². The molecule has 1 aromatic rings. The summed E-state index contributed by atoms with van der Waals surface area (Å²) in [5.74, 6) is -0.365. The molecule has 0 heterocycles. The van der Waals surface area contributed by atoms with Crippen LogP contribution in [0.15, 0.2) is 12.1 Å². The van der Waals surface area contributed by atoms with E-state index in [0.29, 0.717) is 6.42 Å². The van der Waals surface area contributed by atoms with Gasteiger partial charge in [-0.15, -0.1) is 0 Å². The van der Waals surface area contributed by atoms with E-state index in [2.05, 4.69) is 0 Å². The van der Waals surface area contributed by atoms with Gasteiger partial charge in [0.2, 0.25) is 0 Å². The van der Waals surface area contributed by atoms with E-state index in [1.165, 1.54) is 13.2 Å². The van der Waals surface area contributed by atoms with E-state index in [9.17, 15) is 4.39 Å². The van der Waals surface area contributed by atoms with Crippen LogP contribution in [0.25, 0.3) is 0 Å². The molecule has 0 saturated carbocycles. The molecular weight excluding hydrogens is 205 g/mol. The maximum Gasteiger partial charge on any atom is 0.173 e. The first-order chi connectivity index (χ1) is 6.54. The molecule has 0 aliphatic heterocycles. The fourth-order valence-corrected chi connectivity index (χ4v) is 1.60. The zero-order chi connectivity index (χ0) is 10.7. The van der Waals surface area contributed by atoms with Gasteiger partial charge in [-0.25, -0.2) is 4.39 Å². The first-order valence-electron chi connectivity index (χ1n) is 4.32. The SMILES string of the molecule is COc1c(F)cc(CC(C)N)cc1Cl. The zero-order valence-corrected chi connectivity index (χ0v) is 8.94. The summed E-state index contributed by atoms with van der Waals surface area (Å²) < 4.78 is 18.1. The van der Waals surface area contributed by atoms with E-state index in [0.717, 1.165) is 5.56 Å². The summed E-state index contributed by atoms with van der Waals surface area (Å²) in [6, 6.07) is 3.06. The second kappa shape index (κ2) is 4.62. The molecule has 0 aliphatic carbocycles. The summed E-state index contributed by atoms with van der Waals surface area (Å²) in [6.45, 7) is 1.86. The summed E-state index contributed by atoms with van der Waals surface area (Å²) in [7, 11) is 1.38. The largest absolute Gasteiger partial charge is 0.492 e. The van der Waals surface area contributed by atoms with Gasteiger partial charge in [0.15, 0.2) is 11.6 Å². The summed E-state index contributed by atoms with van der Waals surface area (Å²) in [6.07, 6.45) is 0.598. The third-order valence-corrected chi connectivity index (χ3v) is 2.10. The highest BCUT2D eigenvalue weighted by Crippen LogP contribution is 2.29. The third-order valence-electron chi connectivity index (χ3n) is 1.82. The van der Waals surface area contributed by atoms with E-state index in [1.54, 1.807) is 6.07 Å². The highest BCUT2D eigenvalue weighted by Gasteiger charge is 2.10. The Morgan fingerprint density at radius 1 is 1.57 bits per heavy atom. The number of ether oxygens (including phenoxy) is 1. The molecular formula is C10H13ClFNO. The molecule has 14 heavy (non-hydrogen) atoms. The van der Waals surface area contributed by atoms with Crippen LogP contribution in [0, 0.1) is 5.82 Å². The molecule has 0 spiro atoms. The average molecular weight is 218 g/mol. The average Bonchev–Trinajstić information content (AvgIpc) is 2.01. The fraction of sp³-hybridized carbons (Fsp3) is 0.400. The Hall–Kier alpha value is -0.800. The van der Waals surface area contributed by atoms with Crippen LogP contribution in [0.4, 0.5) is 4.39 Å². The molecule has 1 atom stereocenters. The van der Waals surface area contributed by atoms with Crippen molar-refractivity contribution in [3.8, 4) is 5.75 Å². The quantitative estimate of drug-likeness (QED) is 0.844. The minimum absolute atomic E-state index is 0.0149. The summed E-state index contributed by atoms with van der Waals surface area (Å²) in [5.41, 5.74) is 6.38. The Morgan fingerprint density at radius 2 is 2.21 bits per heavy atom. The van der Waals surface area contributed by atoms with Crippen LogP contribution < -0.4 is 10.5 Å². The van der Waals surface area contributed by atoms with E-state index in [-0.39, 0.29) is 16.8 Å². The lowest BCUT2D eigenvalue weighted by Crippen LogP contribution is -2.17.